The first kappa shape index (κ1) is 12.3. The lowest BCUT2D eigenvalue weighted by atomic mass is 10.3. The SMILES string of the molecule is CCO[Si](C)(C)c1c(F)cc(F)cc1F. The van der Waals surface area contributed by atoms with Gasteiger partial charge in [0.15, 0.2) is 0 Å². The van der Waals surface area contributed by atoms with Gasteiger partial charge in [0, 0.05) is 23.9 Å². The van der Waals surface area contributed by atoms with Crippen LogP contribution in [0.1, 0.15) is 6.92 Å². The fourth-order valence-electron chi connectivity index (χ4n) is 1.55. The maximum Gasteiger partial charge on any atom is 0.224 e. The van der Waals surface area contributed by atoms with E-state index in [4.69, 9.17) is 4.43 Å². The Kier molecular flexibility index (Phi) is 3.57. The quantitative estimate of drug-likeness (QED) is 0.730. The predicted octanol–water partition coefficient (Wildman–Crippen LogP) is 2.55. The molecular weight excluding hydrogens is 221 g/mol. The molecule has 0 amide bonds. The van der Waals surface area contributed by atoms with Crippen LogP contribution in [0.4, 0.5) is 13.2 Å². The fraction of sp³-hybridized carbons (Fsp3) is 0.400. The van der Waals surface area contributed by atoms with E-state index in [-0.39, 0.29) is 5.19 Å². The summed E-state index contributed by atoms with van der Waals surface area (Å²) in [5.41, 5.74) is 0. The van der Waals surface area contributed by atoms with Crippen molar-refractivity contribution >= 4 is 13.5 Å². The van der Waals surface area contributed by atoms with Gasteiger partial charge >= 0.3 is 0 Å². The molecule has 15 heavy (non-hydrogen) atoms. The highest BCUT2D eigenvalue weighted by Crippen LogP contribution is 2.13. The van der Waals surface area contributed by atoms with Crippen molar-refractivity contribution in [3.63, 3.8) is 0 Å². The van der Waals surface area contributed by atoms with Crippen molar-refractivity contribution in [2.45, 2.75) is 20.0 Å². The lowest BCUT2D eigenvalue weighted by Crippen LogP contribution is -2.48. The summed E-state index contributed by atoms with van der Waals surface area (Å²) < 4.78 is 44.8. The van der Waals surface area contributed by atoms with Gasteiger partial charge in [-0.25, -0.2) is 13.2 Å². The Morgan fingerprint density at radius 2 is 1.60 bits per heavy atom. The van der Waals surface area contributed by atoms with Gasteiger partial charge in [0.25, 0.3) is 0 Å². The first-order valence-corrected chi connectivity index (χ1v) is 7.58. The van der Waals surface area contributed by atoms with Crippen LogP contribution in [0.5, 0.6) is 0 Å². The molecule has 0 atom stereocenters. The van der Waals surface area contributed by atoms with Crippen molar-refractivity contribution in [1.82, 2.24) is 0 Å². The molecule has 0 aromatic heterocycles. The van der Waals surface area contributed by atoms with Crippen LogP contribution < -0.4 is 5.19 Å². The lowest BCUT2D eigenvalue weighted by Gasteiger charge is -2.23. The zero-order chi connectivity index (χ0) is 11.6. The van der Waals surface area contributed by atoms with E-state index < -0.39 is 25.8 Å². The third kappa shape index (κ3) is 2.60. The predicted molar refractivity (Wildman–Crippen MR) is 55.1 cm³/mol. The Bertz CT molecular complexity index is 343. The lowest BCUT2D eigenvalue weighted by molar-refractivity contribution is 0.336. The summed E-state index contributed by atoms with van der Waals surface area (Å²) >= 11 is 0. The largest absolute Gasteiger partial charge is 0.413 e. The molecule has 0 radical (unpaired) electrons. The van der Waals surface area contributed by atoms with Gasteiger partial charge in [0.05, 0.1) is 0 Å². The number of hydrogen-bond acceptors (Lipinski definition) is 1. The third-order valence-corrected chi connectivity index (χ3v) is 4.81. The highest BCUT2D eigenvalue weighted by molar-refractivity contribution is 6.84. The second-order valence-corrected chi connectivity index (χ2v) is 7.50. The van der Waals surface area contributed by atoms with E-state index >= 15 is 0 Å². The molecule has 1 aromatic rings. The molecule has 0 saturated carbocycles. The first-order valence-electron chi connectivity index (χ1n) is 4.67. The highest BCUT2D eigenvalue weighted by Gasteiger charge is 2.32. The Morgan fingerprint density at radius 1 is 1.13 bits per heavy atom. The summed E-state index contributed by atoms with van der Waals surface area (Å²) in [6.07, 6.45) is 0. The number of hydrogen-bond donors (Lipinski definition) is 0. The topological polar surface area (TPSA) is 9.23 Å². The monoisotopic (exact) mass is 234 g/mol. The Balaban J connectivity index is 3.24. The molecule has 0 saturated heterocycles. The van der Waals surface area contributed by atoms with Crippen molar-refractivity contribution in [3.05, 3.63) is 29.6 Å². The standard InChI is InChI=1S/C10H13F3OSi/c1-4-14-15(2,3)10-8(12)5-7(11)6-9(10)13/h5-6H,4H2,1-3H3. The Morgan fingerprint density at radius 3 is 2.00 bits per heavy atom. The van der Waals surface area contributed by atoms with Crippen LogP contribution in [-0.4, -0.2) is 14.9 Å². The molecule has 1 aromatic carbocycles. The average Bonchev–Trinajstić information content (AvgIpc) is 1.99. The minimum Gasteiger partial charge on any atom is -0.413 e. The summed E-state index contributed by atoms with van der Waals surface area (Å²) in [5, 5.41) is -0.106. The van der Waals surface area contributed by atoms with Gasteiger partial charge in [-0.15, -0.1) is 0 Å². The van der Waals surface area contributed by atoms with E-state index in [0.29, 0.717) is 18.7 Å². The molecule has 0 aliphatic heterocycles. The van der Waals surface area contributed by atoms with E-state index in [9.17, 15) is 13.2 Å². The van der Waals surface area contributed by atoms with E-state index in [1.807, 2.05) is 0 Å². The summed E-state index contributed by atoms with van der Waals surface area (Å²) in [7, 11) is -2.61. The second-order valence-electron chi connectivity index (χ2n) is 3.69. The normalized spacial score (nSPS) is 11.9. The van der Waals surface area contributed by atoms with Gasteiger partial charge in [0.2, 0.25) is 8.32 Å². The van der Waals surface area contributed by atoms with Crippen molar-refractivity contribution in [2.75, 3.05) is 6.61 Å². The zero-order valence-electron chi connectivity index (χ0n) is 8.90. The molecule has 0 N–H and O–H groups in total. The minimum absolute atomic E-state index is 0.106. The van der Waals surface area contributed by atoms with Gasteiger partial charge in [0.1, 0.15) is 17.5 Å². The van der Waals surface area contributed by atoms with Crippen LogP contribution in [0.25, 0.3) is 0 Å². The van der Waals surface area contributed by atoms with Gasteiger partial charge in [-0.1, -0.05) is 0 Å². The van der Waals surface area contributed by atoms with Crippen molar-refractivity contribution in [2.24, 2.45) is 0 Å². The number of benzene rings is 1. The summed E-state index contributed by atoms with van der Waals surface area (Å²) in [6.45, 7) is 5.50. The van der Waals surface area contributed by atoms with Crippen molar-refractivity contribution < 1.29 is 17.6 Å². The van der Waals surface area contributed by atoms with Crippen molar-refractivity contribution in [1.29, 1.82) is 0 Å². The zero-order valence-corrected chi connectivity index (χ0v) is 9.90. The van der Waals surface area contributed by atoms with Crippen LogP contribution in [0, 0.1) is 17.5 Å². The summed E-state index contributed by atoms with van der Waals surface area (Å²) in [4.78, 5) is 0. The molecular formula is C10H13F3OSi. The van der Waals surface area contributed by atoms with E-state index in [2.05, 4.69) is 0 Å². The Labute approximate surface area is 88.0 Å². The molecule has 0 aliphatic rings. The van der Waals surface area contributed by atoms with Gasteiger partial charge in [-0.05, 0) is 20.0 Å². The molecule has 0 bridgehead atoms. The molecule has 0 heterocycles. The molecule has 5 heteroatoms. The molecule has 0 unspecified atom stereocenters. The van der Waals surface area contributed by atoms with Crippen LogP contribution in [0.15, 0.2) is 12.1 Å². The molecule has 1 rings (SSSR count). The minimum atomic E-state index is -2.61. The number of rotatable bonds is 3. The summed E-state index contributed by atoms with van der Waals surface area (Å²) in [6, 6.07) is 1.37. The smallest absolute Gasteiger partial charge is 0.224 e. The van der Waals surface area contributed by atoms with E-state index in [1.165, 1.54) is 0 Å². The number of halogens is 3. The fourth-order valence-corrected chi connectivity index (χ4v) is 3.71. The molecule has 1 nitrogen and oxygen atoms in total. The van der Waals surface area contributed by atoms with Gasteiger partial charge in [-0.2, -0.15) is 0 Å². The van der Waals surface area contributed by atoms with Crippen molar-refractivity contribution in [3.8, 4) is 0 Å². The Hall–Kier alpha value is -0.813. The maximum atomic E-state index is 13.4. The van der Waals surface area contributed by atoms with Crippen LogP contribution in [0.3, 0.4) is 0 Å². The first-order chi connectivity index (χ1) is 6.88. The van der Waals surface area contributed by atoms with Crippen LogP contribution in [0.2, 0.25) is 13.1 Å². The summed E-state index contributed by atoms with van der Waals surface area (Å²) in [5.74, 6) is -2.63. The van der Waals surface area contributed by atoms with E-state index in [0.717, 1.165) is 0 Å². The molecule has 0 fully saturated rings. The highest BCUT2D eigenvalue weighted by atomic mass is 28.4. The van der Waals surface area contributed by atoms with Gasteiger partial charge < -0.3 is 4.43 Å². The molecule has 0 spiro atoms. The maximum absolute atomic E-state index is 13.4. The van der Waals surface area contributed by atoms with Crippen LogP contribution >= 0.6 is 0 Å². The average molecular weight is 234 g/mol. The van der Waals surface area contributed by atoms with E-state index in [1.54, 1.807) is 20.0 Å². The van der Waals surface area contributed by atoms with Gasteiger partial charge in [-0.3, -0.25) is 0 Å². The third-order valence-electron chi connectivity index (χ3n) is 2.11. The molecule has 84 valence electrons. The second kappa shape index (κ2) is 4.36. The van der Waals surface area contributed by atoms with Crippen LogP contribution in [-0.2, 0) is 4.43 Å². The molecule has 0 aliphatic carbocycles.